The third-order valence-corrected chi connectivity index (χ3v) is 4.78. The lowest BCUT2D eigenvalue weighted by molar-refractivity contribution is -0.689. The molecule has 3 aromatic rings. The number of nitro groups is 1. The number of non-ortho nitro benzene ring substituents is 1. The minimum Gasteiger partial charge on any atom is -0.290 e. The zero-order valence-corrected chi connectivity index (χ0v) is 14.2. The number of hydrogen-bond donors (Lipinski definition) is 0. The zero-order valence-electron chi connectivity index (χ0n) is 14.2. The van der Waals surface area contributed by atoms with Crippen LogP contribution in [0.25, 0.3) is 11.3 Å². The Hall–Kier alpha value is -3.28. The molecule has 0 bridgehead atoms. The summed E-state index contributed by atoms with van der Waals surface area (Å²) in [5.41, 5.74) is 2.74. The number of carbonyl (C=O) groups is 1. The van der Waals surface area contributed by atoms with E-state index >= 15 is 0 Å². The summed E-state index contributed by atoms with van der Waals surface area (Å²) < 4.78 is 4.29. The van der Waals surface area contributed by atoms with Crippen LogP contribution in [0.15, 0.2) is 60.8 Å². The molecule has 0 atom stereocenters. The number of benzene rings is 2. The zero-order chi connectivity index (χ0) is 18.1. The number of fused-ring (bicyclic) bond motifs is 1. The summed E-state index contributed by atoms with van der Waals surface area (Å²) in [4.78, 5) is 22.9. The molecule has 0 amide bonds. The number of carbonyl (C=O) groups excluding carboxylic acids is 1. The lowest BCUT2D eigenvalue weighted by atomic mass is 10.1. The highest BCUT2D eigenvalue weighted by Gasteiger charge is 2.29. The van der Waals surface area contributed by atoms with E-state index in [-0.39, 0.29) is 18.0 Å². The summed E-state index contributed by atoms with van der Waals surface area (Å²) >= 11 is 0. The third kappa shape index (κ3) is 2.90. The lowest BCUT2D eigenvalue weighted by Crippen LogP contribution is -2.40. The highest BCUT2D eigenvalue weighted by atomic mass is 16.6. The number of hydrogen-bond acceptors (Lipinski definition) is 3. The molecule has 0 unspecified atom stereocenters. The van der Waals surface area contributed by atoms with E-state index in [1.54, 1.807) is 0 Å². The van der Waals surface area contributed by atoms with E-state index < -0.39 is 4.92 Å². The fourth-order valence-electron chi connectivity index (χ4n) is 3.50. The summed E-state index contributed by atoms with van der Waals surface area (Å²) in [6.07, 6.45) is 4.05. The van der Waals surface area contributed by atoms with E-state index in [0.29, 0.717) is 5.56 Å². The Bertz CT molecular complexity index is 976. The van der Waals surface area contributed by atoms with Crippen molar-refractivity contribution in [1.82, 2.24) is 4.57 Å². The standard InChI is InChI=1S/C20H18N3O3/c24-19(16-8-10-17(11-9-16)23(25)26)14-21-13-18(15-5-2-1-3-6-15)22-12-4-7-20(21)22/h1-3,5-6,8-11,13H,4,7,12,14H2/q+1. The number of aromatic nitrogens is 2. The van der Waals surface area contributed by atoms with Gasteiger partial charge in [-0.05, 0) is 18.6 Å². The van der Waals surface area contributed by atoms with Crippen LogP contribution in [0.3, 0.4) is 0 Å². The highest BCUT2D eigenvalue weighted by molar-refractivity contribution is 5.95. The molecule has 6 heteroatoms. The predicted octanol–water partition coefficient (Wildman–Crippen LogP) is 3.18. The second-order valence-corrected chi connectivity index (χ2v) is 6.41. The van der Waals surface area contributed by atoms with Gasteiger partial charge in [-0.3, -0.25) is 14.9 Å². The first kappa shape index (κ1) is 16.2. The lowest BCUT2D eigenvalue weighted by Gasteiger charge is -2.00. The van der Waals surface area contributed by atoms with Crippen molar-refractivity contribution in [2.24, 2.45) is 0 Å². The smallest absolute Gasteiger partial charge is 0.269 e. The minimum atomic E-state index is -0.462. The van der Waals surface area contributed by atoms with Gasteiger partial charge in [0.25, 0.3) is 11.5 Å². The van der Waals surface area contributed by atoms with Crippen molar-refractivity contribution >= 4 is 11.5 Å². The quantitative estimate of drug-likeness (QED) is 0.308. The number of rotatable bonds is 5. The van der Waals surface area contributed by atoms with Gasteiger partial charge in [0.15, 0.2) is 12.2 Å². The molecule has 0 radical (unpaired) electrons. The van der Waals surface area contributed by atoms with Gasteiger partial charge in [0.1, 0.15) is 6.20 Å². The molecule has 0 fully saturated rings. The van der Waals surface area contributed by atoms with Crippen molar-refractivity contribution in [2.45, 2.75) is 25.9 Å². The van der Waals surface area contributed by atoms with Crippen LogP contribution in [0.4, 0.5) is 5.69 Å². The Balaban J connectivity index is 1.62. The monoisotopic (exact) mass is 348 g/mol. The fraction of sp³-hybridized carbons (Fsp3) is 0.200. The van der Waals surface area contributed by atoms with Crippen molar-refractivity contribution < 1.29 is 14.3 Å². The third-order valence-electron chi connectivity index (χ3n) is 4.78. The van der Waals surface area contributed by atoms with Crippen LogP contribution < -0.4 is 4.57 Å². The van der Waals surface area contributed by atoms with Gasteiger partial charge in [0, 0.05) is 23.3 Å². The van der Waals surface area contributed by atoms with Gasteiger partial charge in [0.2, 0.25) is 5.78 Å². The SMILES string of the molecule is O=C(C[n+]1cc(-c2ccccc2)n2c1CCC2)c1ccc([N+](=O)[O-])cc1. The number of imidazole rings is 1. The van der Waals surface area contributed by atoms with Crippen LogP contribution in [-0.4, -0.2) is 15.3 Å². The van der Waals surface area contributed by atoms with Crippen molar-refractivity contribution in [3.63, 3.8) is 0 Å². The summed E-state index contributed by atoms with van der Waals surface area (Å²) in [5, 5.41) is 10.8. The van der Waals surface area contributed by atoms with Crippen LogP contribution in [0.5, 0.6) is 0 Å². The van der Waals surface area contributed by atoms with E-state index in [2.05, 4.69) is 16.7 Å². The van der Waals surface area contributed by atoms with Crippen molar-refractivity contribution in [1.29, 1.82) is 0 Å². The molecule has 0 spiro atoms. The first-order valence-corrected chi connectivity index (χ1v) is 8.58. The molecule has 26 heavy (non-hydrogen) atoms. The van der Waals surface area contributed by atoms with Crippen molar-refractivity contribution in [2.75, 3.05) is 0 Å². The van der Waals surface area contributed by atoms with Gasteiger partial charge in [-0.25, -0.2) is 9.13 Å². The molecule has 0 aliphatic carbocycles. The maximum atomic E-state index is 12.6. The van der Waals surface area contributed by atoms with Crippen molar-refractivity contribution in [3.05, 3.63) is 82.3 Å². The maximum absolute atomic E-state index is 12.6. The first-order valence-electron chi connectivity index (χ1n) is 8.58. The van der Waals surface area contributed by atoms with Gasteiger partial charge >= 0.3 is 0 Å². The van der Waals surface area contributed by atoms with Crippen LogP contribution in [0, 0.1) is 10.1 Å². The Morgan fingerprint density at radius 3 is 2.54 bits per heavy atom. The van der Waals surface area contributed by atoms with Crippen LogP contribution in [-0.2, 0) is 19.5 Å². The van der Waals surface area contributed by atoms with E-state index in [1.165, 1.54) is 24.3 Å². The van der Waals surface area contributed by atoms with Crippen LogP contribution in [0.1, 0.15) is 22.6 Å². The number of Topliss-reactive ketones (excluding diaryl/α,β-unsaturated/α-hetero) is 1. The topological polar surface area (TPSA) is 69.0 Å². The Kier molecular flexibility index (Phi) is 4.08. The molecule has 0 N–H and O–H groups in total. The first-order chi connectivity index (χ1) is 12.6. The molecule has 0 saturated heterocycles. The molecule has 4 rings (SSSR count). The molecule has 2 heterocycles. The molecule has 1 aliphatic heterocycles. The minimum absolute atomic E-state index is 0.00896. The molecular weight excluding hydrogens is 330 g/mol. The van der Waals surface area contributed by atoms with E-state index in [0.717, 1.165) is 36.5 Å². The predicted molar refractivity (Wildman–Crippen MR) is 95.8 cm³/mol. The van der Waals surface area contributed by atoms with Crippen LogP contribution >= 0.6 is 0 Å². The Morgan fingerprint density at radius 2 is 1.85 bits per heavy atom. The Morgan fingerprint density at radius 1 is 1.12 bits per heavy atom. The van der Waals surface area contributed by atoms with Gasteiger partial charge < -0.3 is 0 Å². The van der Waals surface area contributed by atoms with Crippen LogP contribution in [0.2, 0.25) is 0 Å². The molecular formula is C20H18N3O3+. The van der Waals surface area contributed by atoms with Gasteiger partial charge in [0.05, 0.1) is 17.9 Å². The molecule has 1 aromatic heterocycles. The fourth-order valence-corrected chi connectivity index (χ4v) is 3.50. The average Bonchev–Trinajstić information content (AvgIpc) is 3.26. The largest absolute Gasteiger partial charge is 0.290 e. The van der Waals surface area contributed by atoms with Gasteiger partial charge in [-0.1, -0.05) is 30.3 Å². The second-order valence-electron chi connectivity index (χ2n) is 6.41. The number of nitrogens with zero attached hydrogens (tertiary/aromatic N) is 3. The number of ketones is 1. The summed E-state index contributed by atoms with van der Waals surface area (Å²) in [6, 6.07) is 15.9. The van der Waals surface area contributed by atoms with E-state index in [1.807, 2.05) is 29.0 Å². The van der Waals surface area contributed by atoms with E-state index in [9.17, 15) is 14.9 Å². The summed E-state index contributed by atoms with van der Waals surface area (Å²) in [6.45, 7) is 1.19. The maximum Gasteiger partial charge on any atom is 0.269 e. The summed E-state index contributed by atoms with van der Waals surface area (Å²) in [7, 11) is 0. The molecule has 130 valence electrons. The van der Waals surface area contributed by atoms with Gasteiger partial charge in [-0.15, -0.1) is 0 Å². The van der Waals surface area contributed by atoms with E-state index in [4.69, 9.17) is 0 Å². The van der Waals surface area contributed by atoms with Gasteiger partial charge in [-0.2, -0.15) is 0 Å². The number of nitro benzene ring substituents is 1. The molecule has 6 nitrogen and oxygen atoms in total. The summed E-state index contributed by atoms with van der Waals surface area (Å²) in [5.74, 6) is 1.10. The Labute approximate surface area is 150 Å². The second kappa shape index (κ2) is 6.55. The van der Waals surface area contributed by atoms with Crippen molar-refractivity contribution in [3.8, 4) is 11.3 Å². The molecule has 2 aromatic carbocycles. The normalized spacial score (nSPS) is 12.8. The molecule has 0 saturated carbocycles. The average molecular weight is 348 g/mol. The molecule has 1 aliphatic rings. The highest BCUT2D eigenvalue weighted by Crippen LogP contribution is 2.24.